The molecule has 0 atom stereocenters. The van der Waals surface area contributed by atoms with Gasteiger partial charge in [-0.1, -0.05) is 12.2 Å². The third-order valence-electron chi connectivity index (χ3n) is 2.03. The molecule has 0 amide bonds. The number of nitrogens with zero attached hydrogens (tertiary/aromatic N) is 2. The Labute approximate surface area is 101 Å². The number of pyridine rings is 1. The Morgan fingerprint density at radius 1 is 1.56 bits per heavy atom. The van der Waals surface area contributed by atoms with E-state index in [-0.39, 0.29) is 0 Å². The molecule has 0 fully saturated rings. The number of hydrogen-bond acceptors (Lipinski definition) is 4. The first-order valence-electron chi connectivity index (χ1n) is 5.13. The van der Waals surface area contributed by atoms with E-state index in [0.717, 1.165) is 13.0 Å². The van der Waals surface area contributed by atoms with Crippen LogP contribution in [0.25, 0.3) is 0 Å². The zero-order valence-corrected chi connectivity index (χ0v) is 10.5. The summed E-state index contributed by atoms with van der Waals surface area (Å²) in [5.74, 6) is 0.522. The maximum atomic E-state index is 5.57. The molecule has 16 heavy (non-hydrogen) atoms. The monoisotopic (exact) mass is 239 g/mol. The second kappa shape index (κ2) is 6.40. The van der Waals surface area contributed by atoms with Crippen LogP contribution in [-0.4, -0.2) is 42.1 Å². The summed E-state index contributed by atoms with van der Waals surface area (Å²) in [5.41, 5.74) is 6.27. The molecule has 0 aliphatic carbocycles. The first-order chi connectivity index (χ1) is 7.61. The van der Waals surface area contributed by atoms with Gasteiger partial charge in [0.2, 0.25) is 5.88 Å². The Bertz CT molecular complexity index is 355. The van der Waals surface area contributed by atoms with Crippen LogP contribution < -0.4 is 10.5 Å². The fraction of sp³-hybridized carbons (Fsp3) is 0.455. The lowest BCUT2D eigenvalue weighted by molar-refractivity contribution is 0.273. The van der Waals surface area contributed by atoms with Crippen molar-refractivity contribution >= 4 is 17.2 Å². The van der Waals surface area contributed by atoms with E-state index in [9.17, 15) is 0 Å². The van der Waals surface area contributed by atoms with Crippen LogP contribution in [-0.2, 0) is 0 Å². The molecule has 4 nitrogen and oxygen atoms in total. The molecule has 0 aliphatic heterocycles. The van der Waals surface area contributed by atoms with Crippen LogP contribution >= 0.6 is 12.2 Å². The molecular weight excluding hydrogens is 222 g/mol. The van der Waals surface area contributed by atoms with Crippen molar-refractivity contribution in [1.82, 2.24) is 9.88 Å². The maximum absolute atomic E-state index is 5.57. The second-order valence-corrected chi connectivity index (χ2v) is 4.17. The topological polar surface area (TPSA) is 51.4 Å². The van der Waals surface area contributed by atoms with E-state index in [1.807, 2.05) is 20.2 Å². The summed E-state index contributed by atoms with van der Waals surface area (Å²) in [4.78, 5) is 6.54. The summed E-state index contributed by atoms with van der Waals surface area (Å²) in [5, 5.41) is 0. The molecule has 2 N–H and O–H groups in total. The summed E-state index contributed by atoms with van der Waals surface area (Å²) >= 11 is 4.92. The molecule has 0 unspecified atom stereocenters. The van der Waals surface area contributed by atoms with E-state index in [0.29, 0.717) is 23.0 Å². The minimum absolute atomic E-state index is 0.315. The van der Waals surface area contributed by atoms with E-state index in [2.05, 4.69) is 9.88 Å². The zero-order chi connectivity index (χ0) is 12.0. The highest BCUT2D eigenvalue weighted by atomic mass is 32.1. The molecule has 1 aromatic heterocycles. The van der Waals surface area contributed by atoms with E-state index >= 15 is 0 Å². The fourth-order valence-electron chi connectivity index (χ4n) is 1.24. The quantitative estimate of drug-likeness (QED) is 0.594. The Morgan fingerprint density at radius 2 is 2.31 bits per heavy atom. The highest BCUT2D eigenvalue weighted by Gasteiger charge is 2.06. The van der Waals surface area contributed by atoms with E-state index in [4.69, 9.17) is 22.7 Å². The molecule has 1 rings (SSSR count). The van der Waals surface area contributed by atoms with Crippen molar-refractivity contribution in [2.75, 3.05) is 27.2 Å². The summed E-state index contributed by atoms with van der Waals surface area (Å²) < 4.78 is 5.54. The van der Waals surface area contributed by atoms with Gasteiger partial charge in [-0.15, -0.1) is 0 Å². The summed E-state index contributed by atoms with van der Waals surface area (Å²) in [6.45, 7) is 1.60. The van der Waals surface area contributed by atoms with Crippen LogP contribution in [0.15, 0.2) is 18.3 Å². The van der Waals surface area contributed by atoms with Gasteiger partial charge >= 0.3 is 0 Å². The van der Waals surface area contributed by atoms with Crippen molar-refractivity contribution in [3.63, 3.8) is 0 Å². The van der Waals surface area contributed by atoms with Crippen molar-refractivity contribution < 1.29 is 4.74 Å². The van der Waals surface area contributed by atoms with Gasteiger partial charge in [0.1, 0.15) is 4.99 Å². The third kappa shape index (κ3) is 4.12. The van der Waals surface area contributed by atoms with Crippen molar-refractivity contribution in [3.05, 3.63) is 23.9 Å². The molecule has 0 saturated heterocycles. The normalized spacial score (nSPS) is 10.4. The SMILES string of the molecule is CN(C)CCCOc1ncccc1C(N)=S. The van der Waals surface area contributed by atoms with Gasteiger partial charge in [0, 0.05) is 12.7 Å². The molecule has 1 heterocycles. The third-order valence-corrected chi connectivity index (χ3v) is 2.24. The lowest BCUT2D eigenvalue weighted by Gasteiger charge is -2.11. The molecule has 0 saturated carbocycles. The Morgan fingerprint density at radius 3 is 2.94 bits per heavy atom. The Hall–Kier alpha value is -1.20. The highest BCUT2D eigenvalue weighted by molar-refractivity contribution is 7.80. The molecule has 88 valence electrons. The molecule has 5 heteroatoms. The summed E-state index contributed by atoms with van der Waals surface area (Å²) in [6.07, 6.45) is 2.61. The van der Waals surface area contributed by atoms with Crippen molar-refractivity contribution in [1.29, 1.82) is 0 Å². The zero-order valence-electron chi connectivity index (χ0n) is 9.64. The minimum atomic E-state index is 0.315. The molecular formula is C11H17N3OS. The smallest absolute Gasteiger partial charge is 0.223 e. The number of nitrogens with two attached hydrogens (primary N) is 1. The molecule has 0 aromatic carbocycles. The van der Waals surface area contributed by atoms with Gasteiger partial charge in [0.25, 0.3) is 0 Å². The van der Waals surface area contributed by atoms with Crippen molar-refractivity contribution in [2.45, 2.75) is 6.42 Å². The van der Waals surface area contributed by atoms with Crippen molar-refractivity contribution in [2.24, 2.45) is 5.73 Å². The molecule has 0 radical (unpaired) electrons. The van der Waals surface area contributed by atoms with Crippen molar-refractivity contribution in [3.8, 4) is 5.88 Å². The van der Waals surface area contributed by atoms with Crippen LogP contribution in [0.4, 0.5) is 0 Å². The van der Waals surface area contributed by atoms with Gasteiger partial charge in [-0.05, 0) is 32.6 Å². The van der Waals surface area contributed by atoms with Crippen LogP contribution in [0.1, 0.15) is 12.0 Å². The first-order valence-corrected chi connectivity index (χ1v) is 5.54. The lowest BCUT2D eigenvalue weighted by Crippen LogP contribution is -2.17. The first kappa shape index (κ1) is 12.9. The Kier molecular flexibility index (Phi) is 5.14. The minimum Gasteiger partial charge on any atom is -0.477 e. The Balaban J connectivity index is 2.50. The van der Waals surface area contributed by atoms with Gasteiger partial charge in [0.15, 0.2) is 0 Å². The standard InChI is InChI=1S/C11H17N3OS/c1-14(2)7-4-8-15-11-9(10(12)16)5-3-6-13-11/h3,5-6H,4,7-8H2,1-2H3,(H2,12,16). The number of ether oxygens (including phenoxy) is 1. The number of thiocarbonyl (C=S) groups is 1. The number of hydrogen-bond donors (Lipinski definition) is 1. The van der Waals surface area contributed by atoms with E-state index in [1.165, 1.54) is 0 Å². The predicted octanol–water partition coefficient (Wildman–Crippen LogP) is 1.05. The second-order valence-electron chi connectivity index (χ2n) is 3.73. The van der Waals surface area contributed by atoms with Crippen LogP contribution in [0.5, 0.6) is 5.88 Å². The maximum Gasteiger partial charge on any atom is 0.223 e. The van der Waals surface area contributed by atoms with E-state index < -0.39 is 0 Å². The molecule has 0 bridgehead atoms. The predicted molar refractivity (Wildman–Crippen MR) is 68.8 cm³/mol. The van der Waals surface area contributed by atoms with Gasteiger partial charge in [-0.25, -0.2) is 4.98 Å². The number of aromatic nitrogens is 1. The average molecular weight is 239 g/mol. The lowest BCUT2D eigenvalue weighted by atomic mass is 10.3. The van der Waals surface area contributed by atoms with Gasteiger partial charge in [-0.3, -0.25) is 0 Å². The number of rotatable bonds is 6. The van der Waals surface area contributed by atoms with Gasteiger partial charge < -0.3 is 15.4 Å². The van der Waals surface area contributed by atoms with Gasteiger partial charge in [-0.2, -0.15) is 0 Å². The largest absolute Gasteiger partial charge is 0.477 e. The fourth-order valence-corrected chi connectivity index (χ4v) is 1.40. The molecule has 0 aliphatic rings. The highest BCUT2D eigenvalue weighted by Crippen LogP contribution is 2.13. The van der Waals surface area contributed by atoms with Crippen LogP contribution in [0.2, 0.25) is 0 Å². The molecule has 0 spiro atoms. The molecule has 1 aromatic rings. The summed E-state index contributed by atoms with van der Waals surface area (Å²) in [6, 6.07) is 3.61. The van der Waals surface area contributed by atoms with Crippen LogP contribution in [0, 0.1) is 0 Å². The summed E-state index contributed by atoms with van der Waals surface area (Å²) in [7, 11) is 4.06. The van der Waals surface area contributed by atoms with Crippen LogP contribution in [0.3, 0.4) is 0 Å². The van der Waals surface area contributed by atoms with Gasteiger partial charge in [0.05, 0.1) is 12.2 Å². The average Bonchev–Trinajstić information content (AvgIpc) is 2.24. The van der Waals surface area contributed by atoms with E-state index in [1.54, 1.807) is 12.3 Å².